The smallest absolute Gasteiger partial charge is 0.315 e. The van der Waals surface area contributed by atoms with Crippen LogP contribution in [-0.2, 0) is 13.0 Å². The van der Waals surface area contributed by atoms with E-state index in [1.54, 1.807) is 0 Å². The van der Waals surface area contributed by atoms with Crippen LogP contribution >= 0.6 is 0 Å². The summed E-state index contributed by atoms with van der Waals surface area (Å²) in [6, 6.07) is 17.6. The van der Waals surface area contributed by atoms with E-state index in [9.17, 15) is 4.79 Å². The van der Waals surface area contributed by atoms with Crippen molar-refractivity contribution >= 4 is 6.03 Å². The zero-order valence-corrected chi connectivity index (χ0v) is 12.8. The number of benzene rings is 2. The first-order valence-corrected chi connectivity index (χ1v) is 7.55. The van der Waals surface area contributed by atoms with Gasteiger partial charge in [-0.15, -0.1) is 0 Å². The van der Waals surface area contributed by atoms with Gasteiger partial charge in [-0.25, -0.2) is 4.79 Å². The molecule has 0 aromatic heterocycles. The molecule has 0 unspecified atom stereocenters. The first kappa shape index (κ1) is 15.9. The van der Waals surface area contributed by atoms with Crippen LogP contribution in [0.25, 0.3) is 0 Å². The average molecular weight is 298 g/mol. The van der Waals surface area contributed by atoms with Crippen LogP contribution in [0.3, 0.4) is 0 Å². The number of aryl methyl sites for hydroxylation is 1. The molecule has 0 aliphatic carbocycles. The van der Waals surface area contributed by atoms with E-state index in [0.29, 0.717) is 19.7 Å². The Balaban J connectivity index is 1.62. The highest BCUT2D eigenvalue weighted by Crippen LogP contribution is 2.13. The molecule has 4 nitrogen and oxygen atoms in total. The van der Waals surface area contributed by atoms with Crippen molar-refractivity contribution in [1.29, 1.82) is 0 Å². The fourth-order valence-electron chi connectivity index (χ4n) is 2.03. The van der Waals surface area contributed by atoms with E-state index >= 15 is 0 Å². The summed E-state index contributed by atoms with van der Waals surface area (Å²) in [6.45, 7) is 3.55. The Hall–Kier alpha value is -2.49. The van der Waals surface area contributed by atoms with E-state index in [4.69, 9.17) is 4.74 Å². The van der Waals surface area contributed by atoms with Crippen LogP contribution in [0.2, 0.25) is 0 Å². The number of ether oxygens (including phenoxy) is 1. The van der Waals surface area contributed by atoms with Gasteiger partial charge in [-0.05, 0) is 29.7 Å². The third-order valence-corrected chi connectivity index (χ3v) is 3.26. The number of carbonyl (C=O) groups excluding carboxylic acids is 1. The predicted molar refractivity (Wildman–Crippen MR) is 88.0 cm³/mol. The molecule has 0 saturated carbocycles. The minimum absolute atomic E-state index is 0.185. The summed E-state index contributed by atoms with van der Waals surface area (Å²) in [5.41, 5.74) is 2.32. The van der Waals surface area contributed by atoms with Crippen molar-refractivity contribution in [3.8, 4) is 5.75 Å². The quantitative estimate of drug-likeness (QED) is 0.772. The molecule has 0 aliphatic rings. The minimum atomic E-state index is -0.185. The Labute approximate surface area is 131 Å². The summed E-state index contributed by atoms with van der Waals surface area (Å²) in [7, 11) is 0. The minimum Gasteiger partial charge on any atom is -0.492 e. The molecule has 0 spiro atoms. The molecule has 2 aromatic rings. The first-order valence-electron chi connectivity index (χ1n) is 7.55. The molecular weight excluding hydrogens is 276 g/mol. The van der Waals surface area contributed by atoms with Gasteiger partial charge in [0, 0.05) is 6.54 Å². The van der Waals surface area contributed by atoms with Crippen molar-refractivity contribution in [3.05, 3.63) is 65.7 Å². The Morgan fingerprint density at radius 1 is 1.00 bits per heavy atom. The van der Waals surface area contributed by atoms with Gasteiger partial charge in [-0.3, -0.25) is 0 Å². The van der Waals surface area contributed by atoms with Gasteiger partial charge < -0.3 is 15.4 Å². The average Bonchev–Trinajstić information content (AvgIpc) is 2.58. The molecule has 0 fully saturated rings. The molecule has 0 heterocycles. The zero-order chi connectivity index (χ0) is 15.6. The van der Waals surface area contributed by atoms with E-state index in [1.165, 1.54) is 5.56 Å². The molecule has 2 aromatic carbocycles. The van der Waals surface area contributed by atoms with Crippen molar-refractivity contribution in [1.82, 2.24) is 10.6 Å². The molecule has 4 heteroatoms. The number of rotatable bonds is 7. The van der Waals surface area contributed by atoms with Gasteiger partial charge in [-0.2, -0.15) is 0 Å². The van der Waals surface area contributed by atoms with Gasteiger partial charge >= 0.3 is 6.03 Å². The predicted octanol–water partition coefficient (Wildman–Crippen LogP) is 3.13. The maximum Gasteiger partial charge on any atom is 0.315 e. The van der Waals surface area contributed by atoms with Crippen molar-refractivity contribution in [2.45, 2.75) is 19.9 Å². The summed E-state index contributed by atoms with van der Waals surface area (Å²) < 4.78 is 5.62. The molecule has 0 bridgehead atoms. The standard InChI is InChI=1S/C18H22N2O2/c1-2-15-9-6-10-17(13-15)22-12-11-19-18(21)20-14-16-7-4-3-5-8-16/h3-10,13H,2,11-12,14H2,1H3,(H2,19,20,21). The van der Waals surface area contributed by atoms with Crippen molar-refractivity contribution < 1.29 is 9.53 Å². The lowest BCUT2D eigenvalue weighted by Crippen LogP contribution is -2.37. The summed E-state index contributed by atoms with van der Waals surface area (Å²) in [6.07, 6.45) is 0.983. The summed E-state index contributed by atoms with van der Waals surface area (Å²) in [5, 5.41) is 5.59. The van der Waals surface area contributed by atoms with Gasteiger partial charge in [0.15, 0.2) is 0 Å². The summed E-state index contributed by atoms with van der Waals surface area (Å²) in [5.74, 6) is 0.839. The van der Waals surface area contributed by atoms with Crippen LogP contribution in [0.5, 0.6) is 5.75 Å². The molecule has 2 amide bonds. The van der Waals surface area contributed by atoms with Crippen LogP contribution in [-0.4, -0.2) is 19.2 Å². The monoisotopic (exact) mass is 298 g/mol. The van der Waals surface area contributed by atoms with Crippen molar-refractivity contribution in [2.24, 2.45) is 0 Å². The maximum absolute atomic E-state index is 11.7. The molecule has 22 heavy (non-hydrogen) atoms. The number of carbonyl (C=O) groups is 1. The van der Waals surface area contributed by atoms with Gasteiger partial charge in [0.2, 0.25) is 0 Å². The van der Waals surface area contributed by atoms with E-state index < -0.39 is 0 Å². The van der Waals surface area contributed by atoms with Crippen LogP contribution in [0, 0.1) is 0 Å². The Morgan fingerprint density at radius 3 is 2.55 bits per heavy atom. The lowest BCUT2D eigenvalue weighted by Gasteiger charge is -2.10. The van der Waals surface area contributed by atoms with Crippen LogP contribution in [0.1, 0.15) is 18.1 Å². The van der Waals surface area contributed by atoms with Crippen molar-refractivity contribution in [3.63, 3.8) is 0 Å². The molecule has 0 saturated heterocycles. The second kappa shape index (κ2) is 8.72. The van der Waals surface area contributed by atoms with Gasteiger partial charge in [0.1, 0.15) is 12.4 Å². The Kier molecular flexibility index (Phi) is 6.30. The molecular formula is C18H22N2O2. The molecule has 0 aliphatic heterocycles. The molecule has 0 radical (unpaired) electrons. The van der Waals surface area contributed by atoms with E-state index in [2.05, 4.69) is 23.6 Å². The van der Waals surface area contributed by atoms with E-state index in [1.807, 2.05) is 48.5 Å². The molecule has 0 atom stereocenters. The number of hydrogen-bond donors (Lipinski definition) is 2. The van der Waals surface area contributed by atoms with Crippen LogP contribution in [0.4, 0.5) is 4.79 Å². The topological polar surface area (TPSA) is 50.4 Å². The zero-order valence-electron chi connectivity index (χ0n) is 12.8. The first-order chi connectivity index (χ1) is 10.8. The highest BCUT2D eigenvalue weighted by Gasteiger charge is 2.00. The van der Waals surface area contributed by atoms with Crippen LogP contribution < -0.4 is 15.4 Å². The number of nitrogens with one attached hydrogen (secondary N) is 2. The molecule has 2 N–H and O–H groups in total. The van der Waals surface area contributed by atoms with Gasteiger partial charge in [0.25, 0.3) is 0 Å². The second-order valence-corrected chi connectivity index (χ2v) is 4.94. The highest BCUT2D eigenvalue weighted by atomic mass is 16.5. The third-order valence-electron chi connectivity index (χ3n) is 3.26. The van der Waals surface area contributed by atoms with E-state index in [-0.39, 0.29) is 6.03 Å². The highest BCUT2D eigenvalue weighted by molar-refractivity contribution is 5.73. The van der Waals surface area contributed by atoms with Crippen molar-refractivity contribution in [2.75, 3.05) is 13.2 Å². The Bertz CT molecular complexity index is 585. The lowest BCUT2D eigenvalue weighted by molar-refractivity contribution is 0.236. The van der Waals surface area contributed by atoms with Gasteiger partial charge in [-0.1, -0.05) is 49.4 Å². The second-order valence-electron chi connectivity index (χ2n) is 4.94. The SMILES string of the molecule is CCc1cccc(OCCNC(=O)NCc2ccccc2)c1. The lowest BCUT2D eigenvalue weighted by atomic mass is 10.2. The fraction of sp³-hybridized carbons (Fsp3) is 0.278. The van der Waals surface area contributed by atoms with Gasteiger partial charge in [0.05, 0.1) is 6.54 Å². The third kappa shape index (κ3) is 5.48. The number of amides is 2. The number of urea groups is 1. The molecule has 116 valence electrons. The summed E-state index contributed by atoms with van der Waals surface area (Å²) >= 11 is 0. The van der Waals surface area contributed by atoms with E-state index in [0.717, 1.165) is 17.7 Å². The molecule has 2 rings (SSSR count). The largest absolute Gasteiger partial charge is 0.492 e. The fourth-order valence-corrected chi connectivity index (χ4v) is 2.03. The number of hydrogen-bond acceptors (Lipinski definition) is 2. The summed E-state index contributed by atoms with van der Waals surface area (Å²) in [4.78, 5) is 11.7. The normalized spacial score (nSPS) is 10.0. The van der Waals surface area contributed by atoms with Crippen LogP contribution in [0.15, 0.2) is 54.6 Å². The Morgan fingerprint density at radius 2 is 1.77 bits per heavy atom. The maximum atomic E-state index is 11.7.